The van der Waals surface area contributed by atoms with Crippen LogP contribution in [0, 0.1) is 0 Å². The van der Waals surface area contributed by atoms with Gasteiger partial charge in [-0.15, -0.1) is 0 Å². The van der Waals surface area contributed by atoms with Gasteiger partial charge in [0.05, 0.1) is 18.8 Å². The van der Waals surface area contributed by atoms with Crippen LogP contribution in [-0.4, -0.2) is 43.0 Å². The van der Waals surface area contributed by atoms with Crippen LogP contribution >= 0.6 is 0 Å². The number of nitrogens with two attached hydrogens (primary N) is 1. The molecule has 102 valence electrons. The predicted molar refractivity (Wildman–Crippen MR) is 68.8 cm³/mol. The van der Waals surface area contributed by atoms with E-state index < -0.39 is 5.91 Å². The summed E-state index contributed by atoms with van der Waals surface area (Å²) in [7, 11) is 0. The zero-order valence-corrected chi connectivity index (χ0v) is 10.7. The molecular formula is C13H17N3O3. The molecule has 1 spiro atoms. The van der Waals surface area contributed by atoms with Crippen molar-refractivity contribution < 1.29 is 14.3 Å². The Morgan fingerprint density at radius 2 is 1.95 bits per heavy atom. The number of nitrogens with zero attached hydrogens (tertiary/aromatic N) is 2. The Kier molecular flexibility index (Phi) is 3.12. The SMILES string of the molecule is NC(=O)c1ccc(N2CCC3(CC2)OCCO3)nc1. The molecule has 0 saturated carbocycles. The number of amides is 1. The summed E-state index contributed by atoms with van der Waals surface area (Å²) >= 11 is 0. The summed E-state index contributed by atoms with van der Waals surface area (Å²) in [4.78, 5) is 17.4. The minimum atomic E-state index is -0.454. The Bertz CT molecular complexity index is 459. The van der Waals surface area contributed by atoms with E-state index in [1.54, 1.807) is 6.07 Å². The second kappa shape index (κ2) is 4.79. The van der Waals surface area contributed by atoms with Crippen LogP contribution in [0.3, 0.4) is 0 Å². The Morgan fingerprint density at radius 1 is 1.26 bits per heavy atom. The number of anilines is 1. The lowest BCUT2D eigenvalue weighted by atomic mass is 10.0. The van der Waals surface area contributed by atoms with Crippen molar-refractivity contribution in [1.82, 2.24) is 4.98 Å². The first kappa shape index (κ1) is 12.4. The Hall–Kier alpha value is -1.66. The fourth-order valence-electron chi connectivity index (χ4n) is 2.58. The van der Waals surface area contributed by atoms with Gasteiger partial charge in [-0.3, -0.25) is 4.79 Å². The highest BCUT2D eigenvalue weighted by atomic mass is 16.7. The first-order valence-corrected chi connectivity index (χ1v) is 6.47. The average Bonchev–Trinajstić information content (AvgIpc) is 2.88. The van der Waals surface area contributed by atoms with Gasteiger partial charge in [-0.1, -0.05) is 0 Å². The van der Waals surface area contributed by atoms with Crippen LogP contribution in [0.1, 0.15) is 23.2 Å². The topological polar surface area (TPSA) is 77.7 Å². The summed E-state index contributed by atoms with van der Waals surface area (Å²) in [6.07, 6.45) is 3.20. The predicted octanol–water partition coefficient (Wildman–Crippen LogP) is 0.524. The molecule has 6 heteroatoms. The van der Waals surface area contributed by atoms with E-state index in [0.717, 1.165) is 31.7 Å². The maximum atomic E-state index is 11.0. The summed E-state index contributed by atoms with van der Waals surface area (Å²) in [6.45, 7) is 3.04. The molecule has 0 atom stereocenters. The van der Waals surface area contributed by atoms with E-state index in [0.29, 0.717) is 18.8 Å². The van der Waals surface area contributed by atoms with Crippen LogP contribution in [0.25, 0.3) is 0 Å². The van der Waals surface area contributed by atoms with Gasteiger partial charge >= 0.3 is 0 Å². The first-order valence-electron chi connectivity index (χ1n) is 6.47. The minimum Gasteiger partial charge on any atom is -0.366 e. The molecule has 2 fully saturated rings. The summed E-state index contributed by atoms with van der Waals surface area (Å²) in [5.41, 5.74) is 5.63. The van der Waals surface area contributed by atoms with Gasteiger partial charge in [0.2, 0.25) is 5.91 Å². The van der Waals surface area contributed by atoms with Gasteiger partial charge in [0.25, 0.3) is 0 Å². The van der Waals surface area contributed by atoms with E-state index in [1.807, 2.05) is 6.07 Å². The number of piperidine rings is 1. The Morgan fingerprint density at radius 3 is 2.47 bits per heavy atom. The van der Waals surface area contributed by atoms with Crippen LogP contribution in [0.5, 0.6) is 0 Å². The molecule has 0 radical (unpaired) electrons. The number of hydrogen-bond donors (Lipinski definition) is 1. The molecule has 3 rings (SSSR count). The monoisotopic (exact) mass is 263 g/mol. The minimum absolute atomic E-state index is 0.371. The van der Waals surface area contributed by atoms with Gasteiger partial charge in [0, 0.05) is 32.1 Å². The van der Waals surface area contributed by atoms with Crippen LogP contribution in [-0.2, 0) is 9.47 Å². The highest BCUT2D eigenvalue weighted by molar-refractivity contribution is 5.92. The third kappa shape index (κ3) is 2.41. The third-order valence-electron chi connectivity index (χ3n) is 3.70. The van der Waals surface area contributed by atoms with Gasteiger partial charge in [-0.2, -0.15) is 0 Å². The molecule has 2 aliphatic rings. The highest BCUT2D eigenvalue weighted by Crippen LogP contribution is 2.32. The zero-order chi connectivity index (χ0) is 13.3. The number of ether oxygens (including phenoxy) is 2. The molecule has 19 heavy (non-hydrogen) atoms. The lowest BCUT2D eigenvalue weighted by molar-refractivity contribution is -0.169. The van der Waals surface area contributed by atoms with E-state index in [-0.39, 0.29) is 5.79 Å². The standard InChI is InChI=1S/C13H17N3O3/c14-12(17)10-1-2-11(15-9-10)16-5-3-13(4-6-16)18-7-8-19-13/h1-2,9H,3-8H2,(H2,14,17). The number of rotatable bonds is 2. The van der Waals surface area contributed by atoms with Gasteiger partial charge < -0.3 is 20.1 Å². The van der Waals surface area contributed by atoms with E-state index in [1.165, 1.54) is 6.20 Å². The number of aromatic nitrogens is 1. The van der Waals surface area contributed by atoms with Gasteiger partial charge in [0.1, 0.15) is 5.82 Å². The molecule has 2 aliphatic heterocycles. The lowest BCUT2D eigenvalue weighted by Crippen LogP contribution is -2.45. The summed E-state index contributed by atoms with van der Waals surface area (Å²) in [6, 6.07) is 3.53. The van der Waals surface area contributed by atoms with Crippen molar-refractivity contribution >= 4 is 11.7 Å². The van der Waals surface area contributed by atoms with Gasteiger partial charge in [-0.25, -0.2) is 4.98 Å². The molecule has 6 nitrogen and oxygen atoms in total. The van der Waals surface area contributed by atoms with Crippen molar-refractivity contribution in [3.63, 3.8) is 0 Å². The van der Waals surface area contributed by atoms with E-state index >= 15 is 0 Å². The molecule has 2 saturated heterocycles. The number of pyridine rings is 1. The van der Waals surface area contributed by atoms with Crippen molar-refractivity contribution in [2.24, 2.45) is 5.73 Å². The fraction of sp³-hybridized carbons (Fsp3) is 0.538. The van der Waals surface area contributed by atoms with Crippen molar-refractivity contribution in [3.05, 3.63) is 23.9 Å². The molecule has 1 amide bonds. The molecule has 1 aromatic heterocycles. The third-order valence-corrected chi connectivity index (χ3v) is 3.70. The largest absolute Gasteiger partial charge is 0.366 e. The summed E-state index contributed by atoms with van der Waals surface area (Å²) in [5.74, 6) is 0.0335. The lowest BCUT2D eigenvalue weighted by Gasteiger charge is -2.38. The highest BCUT2D eigenvalue weighted by Gasteiger charge is 2.39. The molecule has 0 aromatic carbocycles. The van der Waals surface area contributed by atoms with Crippen LogP contribution < -0.4 is 10.6 Å². The average molecular weight is 263 g/mol. The molecule has 0 bridgehead atoms. The number of primary amides is 1. The first-order chi connectivity index (χ1) is 9.19. The smallest absolute Gasteiger partial charge is 0.250 e. The zero-order valence-electron chi connectivity index (χ0n) is 10.7. The van der Waals surface area contributed by atoms with Gasteiger partial charge in [-0.05, 0) is 12.1 Å². The molecular weight excluding hydrogens is 246 g/mol. The van der Waals surface area contributed by atoms with Crippen LogP contribution in [0.4, 0.5) is 5.82 Å². The summed E-state index contributed by atoms with van der Waals surface area (Å²) in [5, 5.41) is 0. The molecule has 3 heterocycles. The number of carbonyl (C=O) groups is 1. The van der Waals surface area contributed by atoms with Crippen molar-refractivity contribution in [3.8, 4) is 0 Å². The molecule has 1 aromatic rings. The van der Waals surface area contributed by atoms with E-state index in [9.17, 15) is 4.79 Å². The second-order valence-corrected chi connectivity index (χ2v) is 4.86. The molecule has 0 aliphatic carbocycles. The number of hydrogen-bond acceptors (Lipinski definition) is 5. The molecule has 0 unspecified atom stereocenters. The van der Waals surface area contributed by atoms with E-state index in [4.69, 9.17) is 15.2 Å². The quantitative estimate of drug-likeness (QED) is 0.842. The number of carbonyl (C=O) groups excluding carboxylic acids is 1. The summed E-state index contributed by atoms with van der Waals surface area (Å²) < 4.78 is 11.4. The fourth-order valence-corrected chi connectivity index (χ4v) is 2.58. The van der Waals surface area contributed by atoms with Gasteiger partial charge in [0.15, 0.2) is 5.79 Å². The Balaban J connectivity index is 1.66. The van der Waals surface area contributed by atoms with Crippen molar-refractivity contribution in [1.29, 1.82) is 0 Å². The van der Waals surface area contributed by atoms with Crippen LogP contribution in [0.15, 0.2) is 18.3 Å². The molecule has 2 N–H and O–H groups in total. The van der Waals surface area contributed by atoms with Crippen molar-refractivity contribution in [2.45, 2.75) is 18.6 Å². The maximum Gasteiger partial charge on any atom is 0.250 e. The van der Waals surface area contributed by atoms with E-state index in [2.05, 4.69) is 9.88 Å². The second-order valence-electron chi connectivity index (χ2n) is 4.86. The maximum absolute atomic E-state index is 11.0. The van der Waals surface area contributed by atoms with Crippen molar-refractivity contribution in [2.75, 3.05) is 31.2 Å². The Labute approximate surface area is 111 Å². The van der Waals surface area contributed by atoms with Crippen LogP contribution in [0.2, 0.25) is 0 Å². The normalized spacial score (nSPS) is 21.8.